The second kappa shape index (κ2) is 14.1. The molecule has 0 aromatic heterocycles. The summed E-state index contributed by atoms with van der Waals surface area (Å²) in [6.07, 6.45) is 2.27. The Morgan fingerprint density at radius 2 is 1.86 bits per heavy atom. The summed E-state index contributed by atoms with van der Waals surface area (Å²) in [6, 6.07) is 10.4. The van der Waals surface area contributed by atoms with Crippen LogP contribution >= 0.6 is 24.8 Å². The Morgan fingerprint density at radius 1 is 1.19 bits per heavy atom. The largest absolute Gasteiger partial charge is 0.356 e. The number of hydrogen-bond donors (Lipinski definition) is 2. The summed E-state index contributed by atoms with van der Waals surface area (Å²) in [5.41, 5.74) is 6.67. The Morgan fingerprint density at radius 3 is 2.48 bits per heavy atom. The fourth-order valence-corrected chi connectivity index (χ4v) is 1.90. The number of nitrogens with one attached hydrogen (secondary N) is 1. The van der Waals surface area contributed by atoms with Gasteiger partial charge in [-0.15, -0.1) is 24.8 Å². The van der Waals surface area contributed by atoms with Crippen molar-refractivity contribution in [3.05, 3.63) is 35.9 Å². The predicted octanol–water partition coefficient (Wildman–Crippen LogP) is 2.21. The van der Waals surface area contributed by atoms with Gasteiger partial charge in [0.1, 0.15) is 0 Å². The summed E-state index contributed by atoms with van der Waals surface area (Å²) in [6.45, 7) is 3.24. The van der Waals surface area contributed by atoms with Crippen molar-refractivity contribution in [2.45, 2.75) is 25.8 Å². The summed E-state index contributed by atoms with van der Waals surface area (Å²) in [4.78, 5) is 13.6. The van der Waals surface area contributed by atoms with Crippen LogP contribution in [0.25, 0.3) is 0 Å². The third-order valence-electron chi connectivity index (χ3n) is 2.94. The van der Waals surface area contributed by atoms with Gasteiger partial charge in [-0.05, 0) is 38.5 Å². The Balaban J connectivity index is 0. The smallest absolute Gasteiger partial charge is 0.220 e. The van der Waals surface area contributed by atoms with Gasteiger partial charge in [-0.1, -0.05) is 30.3 Å². The summed E-state index contributed by atoms with van der Waals surface area (Å²) >= 11 is 0. The van der Waals surface area contributed by atoms with E-state index in [1.54, 1.807) is 0 Å². The molecule has 0 spiro atoms. The minimum atomic E-state index is 0. The molecular formula is C15H27Cl2N3O. The van der Waals surface area contributed by atoms with Crippen molar-refractivity contribution in [3.63, 3.8) is 0 Å². The maximum atomic E-state index is 11.4. The highest BCUT2D eigenvalue weighted by Crippen LogP contribution is 2.02. The van der Waals surface area contributed by atoms with Gasteiger partial charge in [0.15, 0.2) is 0 Å². The topological polar surface area (TPSA) is 58.4 Å². The molecule has 0 bridgehead atoms. The Hall–Kier alpha value is -0.810. The molecule has 0 saturated heterocycles. The van der Waals surface area contributed by atoms with E-state index in [1.165, 1.54) is 5.56 Å². The van der Waals surface area contributed by atoms with Gasteiger partial charge in [-0.25, -0.2) is 0 Å². The lowest BCUT2D eigenvalue weighted by Gasteiger charge is -2.16. The van der Waals surface area contributed by atoms with Crippen LogP contribution < -0.4 is 11.1 Å². The van der Waals surface area contributed by atoms with E-state index in [-0.39, 0.29) is 30.7 Å². The van der Waals surface area contributed by atoms with Crippen LogP contribution in [0.2, 0.25) is 0 Å². The second-order valence-corrected chi connectivity index (χ2v) is 4.82. The van der Waals surface area contributed by atoms with E-state index < -0.39 is 0 Å². The van der Waals surface area contributed by atoms with E-state index in [0.29, 0.717) is 13.0 Å². The van der Waals surface area contributed by atoms with Crippen molar-refractivity contribution in [1.82, 2.24) is 10.2 Å². The Kier molecular flexibility index (Phi) is 15.1. The second-order valence-electron chi connectivity index (χ2n) is 4.82. The van der Waals surface area contributed by atoms with Crippen molar-refractivity contribution in [2.24, 2.45) is 5.73 Å². The van der Waals surface area contributed by atoms with Gasteiger partial charge in [-0.2, -0.15) is 0 Å². The molecule has 0 heterocycles. The van der Waals surface area contributed by atoms with Crippen LogP contribution in [0, 0.1) is 0 Å². The molecule has 0 fully saturated rings. The van der Waals surface area contributed by atoms with E-state index in [0.717, 1.165) is 32.5 Å². The van der Waals surface area contributed by atoms with E-state index in [1.807, 2.05) is 6.07 Å². The summed E-state index contributed by atoms with van der Waals surface area (Å²) in [5.74, 6) is 0.108. The Bertz CT molecular complexity index is 363. The minimum Gasteiger partial charge on any atom is -0.356 e. The molecule has 1 rings (SSSR count). The molecule has 6 heteroatoms. The molecule has 1 aromatic rings. The number of nitrogens with zero attached hydrogens (tertiary/aromatic N) is 1. The zero-order chi connectivity index (χ0) is 13.9. The quantitative estimate of drug-likeness (QED) is 0.680. The van der Waals surface area contributed by atoms with Crippen LogP contribution in [0.1, 0.15) is 24.8 Å². The van der Waals surface area contributed by atoms with Crippen LogP contribution in [0.3, 0.4) is 0 Å². The zero-order valence-electron chi connectivity index (χ0n) is 12.6. The number of rotatable bonds is 9. The maximum Gasteiger partial charge on any atom is 0.220 e. The molecule has 1 aromatic carbocycles. The van der Waals surface area contributed by atoms with E-state index in [4.69, 9.17) is 5.73 Å². The Labute approximate surface area is 140 Å². The van der Waals surface area contributed by atoms with Gasteiger partial charge < -0.3 is 16.0 Å². The lowest BCUT2D eigenvalue weighted by atomic mass is 10.2. The first kappa shape index (κ1) is 22.5. The molecule has 21 heavy (non-hydrogen) atoms. The molecule has 0 unspecified atom stereocenters. The maximum absolute atomic E-state index is 11.4. The zero-order valence-corrected chi connectivity index (χ0v) is 14.2. The standard InChI is InChI=1S/C15H25N3O.2ClH/c1-18(13-14-7-3-2-4-8-14)12-6-11-17-15(19)9-5-10-16;;/h2-4,7-8H,5-6,9-13,16H2,1H3,(H,17,19);2*1H. The molecule has 3 N–H and O–H groups in total. The van der Waals surface area contributed by atoms with Gasteiger partial charge in [0.2, 0.25) is 5.91 Å². The molecular weight excluding hydrogens is 309 g/mol. The number of benzene rings is 1. The van der Waals surface area contributed by atoms with Gasteiger partial charge in [0.25, 0.3) is 0 Å². The van der Waals surface area contributed by atoms with Crippen LogP contribution in [0.4, 0.5) is 0 Å². The van der Waals surface area contributed by atoms with Crippen molar-refractivity contribution in [2.75, 3.05) is 26.7 Å². The molecule has 0 radical (unpaired) electrons. The molecule has 0 atom stereocenters. The fourth-order valence-electron chi connectivity index (χ4n) is 1.90. The average Bonchev–Trinajstić information content (AvgIpc) is 2.42. The van der Waals surface area contributed by atoms with Crippen molar-refractivity contribution in [1.29, 1.82) is 0 Å². The molecule has 0 aliphatic rings. The molecule has 122 valence electrons. The minimum absolute atomic E-state index is 0. The van der Waals surface area contributed by atoms with Crippen LogP contribution in [-0.2, 0) is 11.3 Å². The van der Waals surface area contributed by atoms with E-state index in [2.05, 4.69) is 41.5 Å². The first-order chi connectivity index (χ1) is 9.22. The SMILES string of the molecule is CN(CCCNC(=O)CCCN)Cc1ccccc1.Cl.Cl. The first-order valence-corrected chi connectivity index (χ1v) is 6.91. The fraction of sp³-hybridized carbons (Fsp3) is 0.533. The number of carbonyl (C=O) groups is 1. The summed E-state index contributed by atoms with van der Waals surface area (Å²) in [5, 5.41) is 2.92. The highest BCUT2D eigenvalue weighted by molar-refractivity contribution is 5.85. The van der Waals surface area contributed by atoms with Gasteiger partial charge in [0, 0.05) is 19.5 Å². The summed E-state index contributed by atoms with van der Waals surface area (Å²) < 4.78 is 0. The monoisotopic (exact) mass is 335 g/mol. The molecule has 0 aliphatic carbocycles. The molecule has 4 nitrogen and oxygen atoms in total. The molecule has 0 saturated carbocycles. The first-order valence-electron chi connectivity index (χ1n) is 6.91. The number of amides is 1. The normalized spacial score (nSPS) is 9.67. The predicted molar refractivity (Wildman–Crippen MR) is 93.2 cm³/mol. The van der Waals surface area contributed by atoms with Crippen LogP contribution in [0.5, 0.6) is 0 Å². The van der Waals surface area contributed by atoms with Crippen molar-refractivity contribution in [3.8, 4) is 0 Å². The van der Waals surface area contributed by atoms with Crippen molar-refractivity contribution >= 4 is 30.7 Å². The summed E-state index contributed by atoms with van der Waals surface area (Å²) in [7, 11) is 2.10. The number of hydrogen-bond acceptors (Lipinski definition) is 3. The number of nitrogens with two attached hydrogens (primary N) is 1. The third-order valence-corrected chi connectivity index (χ3v) is 2.94. The average molecular weight is 336 g/mol. The van der Waals surface area contributed by atoms with Gasteiger partial charge in [0.05, 0.1) is 0 Å². The lowest BCUT2D eigenvalue weighted by Crippen LogP contribution is -2.28. The third kappa shape index (κ3) is 11.5. The number of halogens is 2. The van der Waals surface area contributed by atoms with E-state index >= 15 is 0 Å². The van der Waals surface area contributed by atoms with Crippen molar-refractivity contribution < 1.29 is 4.79 Å². The molecule has 0 aliphatic heterocycles. The van der Waals surface area contributed by atoms with E-state index in [9.17, 15) is 4.79 Å². The lowest BCUT2D eigenvalue weighted by molar-refractivity contribution is -0.121. The van der Waals surface area contributed by atoms with Crippen LogP contribution in [0.15, 0.2) is 30.3 Å². The van der Waals surface area contributed by atoms with Gasteiger partial charge >= 0.3 is 0 Å². The highest BCUT2D eigenvalue weighted by Gasteiger charge is 2.02. The number of carbonyl (C=O) groups excluding carboxylic acids is 1. The molecule has 1 amide bonds. The van der Waals surface area contributed by atoms with Crippen LogP contribution in [-0.4, -0.2) is 37.5 Å². The highest BCUT2D eigenvalue weighted by atomic mass is 35.5. The van der Waals surface area contributed by atoms with Gasteiger partial charge in [-0.3, -0.25) is 4.79 Å².